The van der Waals surface area contributed by atoms with Crippen molar-refractivity contribution in [2.45, 2.75) is 44.6 Å². The standard InChI is InChI=1S/C26H28N2O5/c29-21-13-20(27-33-15-17-9-5-2-6-10-17)18-11-12-19-23(22(18)24(21)30)26(32)28(25(19)31)14-16-7-3-1-4-8-16/h1-10,18-19,21-24,29-30H,11-15H2/t18-,19+,21+,22-,23+,24+/m0/s1. The van der Waals surface area contributed by atoms with E-state index in [4.69, 9.17) is 4.84 Å². The third-order valence-corrected chi connectivity index (χ3v) is 7.31. The number of carbonyl (C=O) groups is 2. The maximum atomic E-state index is 13.4. The van der Waals surface area contributed by atoms with Gasteiger partial charge in [-0.15, -0.1) is 0 Å². The van der Waals surface area contributed by atoms with Gasteiger partial charge in [0, 0.05) is 18.3 Å². The van der Waals surface area contributed by atoms with E-state index >= 15 is 0 Å². The molecule has 2 N–H and O–H groups in total. The van der Waals surface area contributed by atoms with Crippen molar-refractivity contribution in [2.24, 2.45) is 28.8 Å². The van der Waals surface area contributed by atoms with Gasteiger partial charge in [0.15, 0.2) is 0 Å². The zero-order valence-electron chi connectivity index (χ0n) is 18.3. The van der Waals surface area contributed by atoms with Crippen LogP contribution in [0, 0.1) is 23.7 Å². The van der Waals surface area contributed by atoms with Gasteiger partial charge in [0.2, 0.25) is 11.8 Å². The lowest BCUT2D eigenvalue weighted by atomic mass is 9.60. The van der Waals surface area contributed by atoms with Crippen molar-refractivity contribution in [3.05, 3.63) is 71.8 Å². The monoisotopic (exact) mass is 448 g/mol. The Bertz CT molecular complexity index is 1040. The van der Waals surface area contributed by atoms with E-state index in [0.717, 1.165) is 11.1 Å². The third-order valence-electron chi connectivity index (χ3n) is 7.31. The molecule has 0 unspecified atom stereocenters. The molecule has 1 saturated heterocycles. The van der Waals surface area contributed by atoms with Gasteiger partial charge in [0.05, 0.1) is 36.3 Å². The molecular formula is C26H28N2O5. The first-order valence-corrected chi connectivity index (χ1v) is 11.5. The fraction of sp³-hybridized carbons (Fsp3) is 0.423. The lowest BCUT2D eigenvalue weighted by Crippen LogP contribution is -2.54. The summed E-state index contributed by atoms with van der Waals surface area (Å²) in [5, 5.41) is 25.8. The molecule has 3 aliphatic rings. The predicted molar refractivity (Wildman–Crippen MR) is 120 cm³/mol. The molecule has 33 heavy (non-hydrogen) atoms. The lowest BCUT2D eigenvalue weighted by Gasteiger charge is -2.45. The van der Waals surface area contributed by atoms with Crippen LogP contribution in [-0.4, -0.2) is 44.8 Å². The molecule has 2 amide bonds. The maximum Gasteiger partial charge on any atom is 0.233 e. The first-order chi connectivity index (χ1) is 16.0. The molecule has 0 aromatic heterocycles. The van der Waals surface area contributed by atoms with E-state index in [2.05, 4.69) is 5.16 Å². The van der Waals surface area contributed by atoms with Gasteiger partial charge in [-0.2, -0.15) is 0 Å². The van der Waals surface area contributed by atoms with Crippen molar-refractivity contribution >= 4 is 17.5 Å². The largest absolute Gasteiger partial charge is 0.391 e. The van der Waals surface area contributed by atoms with Crippen LogP contribution in [0.5, 0.6) is 0 Å². The lowest BCUT2D eigenvalue weighted by molar-refractivity contribution is -0.142. The van der Waals surface area contributed by atoms with Gasteiger partial charge in [-0.25, -0.2) is 0 Å². The fourth-order valence-corrected chi connectivity index (χ4v) is 5.73. The van der Waals surface area contributed by atoms with Crippen LogP contribution in [0.15, 0.2) is 65.8 Å². The molecule has 0 spiro atoms. The van der Waals surface area contributed by atoms with E-state index in [9.17, 15) is 19.8 Å². The number of oxime groups is 1. The van der Waals surface area contributed by atoms with Gasteiger partial charge in [-0.3, -0.25) is 14.5 Å². The van der Waals surface area contributed by atoms with Crippen molar-refractivity contribution in [3.8, 4) is 0 Å². The van der Waals surface area contributed by atoms with E-state index in [1.807, 2.05) is 60.7 Å². The maximum absolute atomic E-state index is 13.4. The van der Waals surface area contributed by atoms with Crippen LogP contribution >= 0.6 is 0 Å². The molecule has 1 heterocycles. The summed E-state index contributed by atoms with van der Waals surface area (Å²) < 4.78 is 0. The normalized spacial score (nSPS) is 32.5. The van der Waals surface area contributed by atoms with E-state index in [1.54, 1.807) is 0 Å². The molecule has 5 rings (SSSR count). The summed E-state index contributed by atoms with van der Waals surface area (Å²) in [6.07, 6.45) is -0.743. The molecule has 172 valence electrons. The Morgan fingerprint density at radius 3 is 2.21 bits per heavy atom. The highest BCUT2D eigenvalue weighted by molar-refractivity contribution is 6.06. The number of rotatable bonds is 5. The zero-order chi connectivity index (χ0) is 22.9. The Kier molecular flexibility index (Phi) is 6.00. The van der Waals surface area contributed by atoms with E-state index in [1.165, 1.54) is 4.90 Å². The van der Waals surface area contributed by atoms with Crippen molar-refractivity contribution < 1.29 is 24.6 Å². The predicted octanol–water partition coefficient (Wildman–Crippen LogP) is 2.51. The third kappa shape index (κ3) is 4.07. The van der Waals surface area contributed by atoms with Crippen molar-refractivity contribution in [3.63, 3.8) is 0 Å². The van der Waals surface area contributed by atoms with E-state index in [-0.39, 0.29) is 30.7 Å². The van der Waals surface area contributed by atoms with Crippen LogP contribution in [0.1, 0.15) is 30.4 Å². The topological polar surface area (TPSA) is 99.4 Å². The zero-order valence-corrected chi connectivity index (χ0v) is 18.3. The summed E-state index contributed by atoms with van der Waals surface area (Å²) in [7, 11) is 0. The molecule has 0 radical (unpaired) electrons. The second kappa shape index (κ2) is 9.08. The first-order valence-electron chi connectivity index (χ1n) is 11.5. The molecule has 2 aliphatic carbocycles. The molecule has 2 aromatic carbocycles. The second-order valence-electron chi connectivity index (χ2n) is 9.25. The van der Waals surface area contributed by atoms with Crippen molar-refractivity contribution in [2.75, 3.05) is 0 Å². The first kappa shape index (κ1) is 21.8. The number of hydrogen-bond acceptors (Lipinski definition) is 6. The minimum absolute atomic E-state index is 0.182. The van der Waals surface area contributed by atoms with E-state index in [0.29, 0.717) is 25.2 Å². The van der Waals surface area contributed by atoms with Crippen LogP contribution in [-0.2, 0) is 27.6 Å². The number of nitrogens with zero attached hydrogens (tertiary/aromatic N) is 2. The number of amides is 2. The van der Waals surface area contributed by atoms with Gasteiger partial charge in [0.25, 0.3) is 0 Å². The van der Waals surface area contributed by atoms with Crippen molar-refractivity contribution in [1.29, 1.82) is 0 Å². The van der Waals surface area contributed by atoms with E-state index < -0.39 is 30.0 Å². The van der Waals surface area contributed by atoms with Crippen LogP contribution < -0.4 is 0 Å². The Hall–Kier alpha value is -3.03. The van der Waals surface area contributed by atoms with Gasteiger partial charge in [0.1, 0.15) is 6.61 Å². The highest BCUT2D eigenvalue weighted by atomic mass is 16.6. The van der Waals surface area contributed by atoms with Gasteiger partial charge in [-0.05, 0) is 24.0 Å². The Morgan fingerprint density at radius 2 is 1.52 bits per heavy atom. The Labute approximate surface area is 192 Å². The van der Waals surface area contributed by atoms with Gasteiger partial charge >= 0.3 is 0 Å². The number of carbonyl (C=O) groups excluding carboxylic acids is 2. The highest BCUT2D eigenvalue weighted by Gasteiger charge is 2.59. The van der Waals surface area contributed by atoms with Crippen LogP contribution in [0.2, 0.25) is 0 Å². The number of imide groups is 1. The molecule has 3 fully saturated rings. The van der Waals surface area contributed by atoms with Gasteiger partial charge in [-0.1, -0.05) is 65.8 Å². The quantitative estimate of drug-likeness (QED) is 0.541. The number of hydrogen-bond donors (Lipinski definition) is 2. The van der Waals surface area contributed by atoms with Crippen molar-refractivity contribution in [1.82, 2.24) is 4.90 Å². The molecular weight excluding hydrogens is 420 g/mol. The molecule has 2 saturated carbocycles. The number of benzene rings is 2. The van der Waals surface area contributed by atoms with Crippen LogP contribution in [0.3, 0.4) is 0 Å². The molecule has 7 heteroatoms. The smallest absolute Gasteiger partial charge is 0.233 e. The molecule has 2 aromatic rings. The summed E-state index contributed by atoms with van der Waals surface area (Å²) in [6.45, 7) is 0.525. The Morgan fingerprint density at radius 1 is 0.879 bits per heavy atom. The molecule has 1 aliphatic heterocycles. The van der Waals surface area contributed by atoms with Crippen LogP contribution in [0.25, 0.3) is 0 Å². The number of fused-ring (bicyclic) bond motifs is 3. The minimum Gasteiger partial charge on any atom is -0.391 e. The number of aliphatic hydroxyl groups excluding tert-OH is 2. The summed E-state index contributed by atoms with van der Waals surface area (Å²) in [5.41, 5.74) is 2.52. The Balaban J connectivity index is 1.37. The summed E-state index contributed by atoms with van der Waals surface area (Å²) in [4.78, 5) is 33.4. The summed E-state index contributed by atoms with van der Waals surface area (Å²) in [6, 6.07) is 19.1. The molecule has 6 atom stereocenters. The fourth-order valence-electron chi connectivity index (χ4n) is 5.73. The average molecular weight is 449 g/mol. The number of aliphatic hydroxyl groups is 2. The SMILES string of the molecule is O=C1[C@H]2[C@H]3[C@H](O)[C@H](O)CC(=NOCc4ccccc4)[C@@H]3CC[C@H]2C(=O)N1Cc1ccccc1. The van der Waals surface area contributed by atoms with Crippen LogP contribution in [0.4, 0.5) is 0 Å². The average Bonchev–Trinajstić information content (AvgIpc) is 3.08. The van der Waals surface area contributed by atoms with Gasteiger partial charge < -0.3 is 15.1 Å². The number of likely N-dealkylation sites (tertiary alicyclic amines) is 1. The molecule has 0 bridgehead atoms. The second-order valence-corrected chi connectivity index (χ2v) is 9.25. The molecule has 7 nitrogen and oxygen atoms in total. The summed E-state index contributed by atoms with van der Waals surface area (Å²) in [5.74, 6) is -2.31. The summed E-state index contributed by atoms with van der Waals surface area (Å²) >= 11 is 0. The highest BCUT2D eigenvalue weighted by Crippen LogP contribution is 2.49. The minimum atomic E-state index is -1.08.